The highest BCUT2D eigenvalue weighted by atomic mass is 127. The van der Waals surface area contributed by atoms with E-state index in [1.807, 2.05) is 24.3 Å². The first-order valence-electron chi connectivity index (χ1n) is 6.27. The summed E-state index contributed by atoms with van der Waals surface area (Å²) >= 11 is 14.4. The molecule has 0 aliphatic carbocycles. The molecule has 2 aromatic rings. The van der Waals surface area contributed by atoms with Crippen LogP contribution in [0, 0.1) is 0 Å². The molecular weight excluding hydrogens is 390 g/mol. The van der Waals surface area contributed by atoms with Gasteiger partial charge in [0, 0.05) is 16.0 Å². The summed E-state index contributed by atoms with van der Waals surface area (Å²) in [5, 5.41) is 1.57. The fourth-order valence-electron chi connectivity index (χ4n) is 2.20. The second kappa shape index (κ2) is 7.51. The Bertz CT molecular complexity index is 460. The minimum absolute atomic E-state index is 0.421. The van der Waals surface area contributed by atoms with Crippen molar-refractivity contribution in [1.82, 2.24) is 0 Å². The van der Waals surface area contributed by atoms with Gasteiger partial charge >= 0.3 is 0 Å². The van der Waals surface area contributed by atoms with Crippen LogP contribution in [0.2, 0.25) is 10.0 Å². The maximum Gasteiger partial charge on any atom is 0.0406 e. The van der Waals surface area contributed by atoms with Crippen LogP contribution in [0.1, 0.15) is 29.9 Å². The highest BCUT2D eigenvalue weighted by Gasteiger charge is 2.13. The van der Waals surface area contributed by atoms with Crippen LogP contribution in [0.5, 0.6) is 0 Å². The van der Waals surface area contributed by atoms with Gasteiger partial charge in [-0.1, -0.05) is 70.1 Å². The molecule has 0 atom stereocenters. The van der Waals surface area contributed by atoms with Gasteiger partial charge in [-0.25, -0.2) is 0 Å². The Morgan fingerprint density at radius 2 is 1.21 bits per heavy atom. The largest absolute Gasteiger partial charge is 0.0864 e. The third-order valence-electron chi connectivity index (χ3n) is 3.17. The van der Waals surface area contributed by atoms with Crippen molar-refractivity contribution in [3.8, 4) is 0 Å². The summed E-state index contributed by atoms with van der Waals surface area (Å²) in [7, 11) is 0. The Hall–Kier alpha value is -0.250. The van der Waals surface area contributed by atoms with E-state index in [0.29, 0.717) is 5.92 Å². The smallest absolute Gasteiger partial charge is 0.0406 e. The van der Waals surface area contributed by atoms with Gasteiger partial charge in [-0.3, -0.25) is 0 Å². The normalized spacial score (nSPS) is 10.9. The van der Waals surface area contributed by atoms with Gasteiger partial charge < -0.3 is 0 Å². The van der Waals surface area contributed by atoms with Crippen LogP contribution in [0.25, 0.3) is 0 Å². The highest BCUT2D eigenvalue weighted by Crippen LogP contribution is 2.31. The highest BCUT2D eigenvalue weighted by molar-refractivity contribution is 14.1. The van der Waals surface area contributed by atoms with Crippen molar-refractivity contribution in [2.45, 2.75) is 18.8 Å². The van der Waals surface area contributed by atoms with Gasteiger partial charge in [0.05, 0.1) is 0 Å². The number of hydrogen-bond donors (Lipinski definition) is 0. The number of rotatable bonds is 5. The molecule has 3 heteroatoms. The molecule has 0 aliphatic rings. The molecule has 19 heavy (non-hydrogen) atoms. The Morgan fingerprint density at radius 1 is 0.789 bits per heavy atom. The van der Waals surface area contributed by atoms with E-state index in [-0.39, 0.29) is 0 Å². The summed E-state index contributed by atoms with van der Waals surface area (Å²) < 4.78 is 1.18. The molecule has 0 N–H and O–H groups in total. The third-order valence-corrected chi connectivity index (χ3v) is 4.44. The van der Waals surface area contributed by atoms with Crippen LogP contribution in [0.15, 0.2) is 48.5 Å². The second-order valence-electron chi connectivity index (χ2n) is 4.49. The molecule has 0 heterocycles. The first-order valence-corrected chi connectivity index (χ1v) is 8.56. The van der Waals surface area contributed by atoms with Crippen LogP contribution >= 0.6 is 45.8 Å². The Kier molecular flexibility index (Phi) is 5.99. The van der Waals surface area contributed by atoms with Crippen molar-refractivity contribution < 1.29 is 0 Å². The zero-order chi connectivity index (χ0) is 13.7. The fourth-order valence-corrected chi connectivity index (χ4v) is 2.89. The topological polar surface area (TPSA) is 0 Å². The fraction of sp³-hybridized carbons (Fsp3) is 0.250. The van der Waals surface area contributed by atoms with Crippen LogP contribution in [0.4, 0.5) is 0 Å². The quantitative estimate of drug-likeness (QED) is 0.402. The first-order chi connectivity index (χ1) is 9.20. The second-order valence-corrected chi connectivity index (χ2v) is 6.44. The number of benzene rings is 2. The van der Waals surface area contributed by atoms with Gasteiger partial charge in [-0.2, -0.15) is 0 Å². The number of alkyl halides is 1. The maximum absolute atomic E-state index is 5.97. The van der Waals surface area contributed by atoms with Crippen LogP contribution in [0.3, 0.4) is 0 Å². The number of halogens is 3. The molecule has 0 bridgehead atoms. The van der Waals surface area contributed by atoms with Crippen molar-refractivity contribution in [3.05, 3.63) is 69.7 Å². The van der Waals surface area contributed by atoms with Gasteiger partial charge in [0.15, 0.2) is 0 Å². The molecule has 0 saturated carbocycles. The van der Waals surface area contributed by atoms with Gasteiger partial charge in [-0.15, -0.1) is 0 Å². The van der Waals surface area contributed by atoms with E-state index >= 15 is 0 Å². The van der Waals surface area contributed by atoms with Gasteiger partial charge in [0.1, 0.15) is 0 Å². The molecule has 0 fully saturated rings. The lowest BCUT2D eigenvalue weighted by Crippen LogP contribution is -2.01. The molecule has 0 aliphatic heterocycles. The van der Waals surface area contributed by atoms with E-state index in [1.54, 1.807) is 0 Å². The van der Waals surface area contributed by atoms with E-state index in [1.165, 1.54) is 22.0 Å². The minimum atomic E-state index is 0.421. The van der Waals surface area contributed by atoms with E-state index in [9.17, 15) is 0 Å². The van der Waals surface area contributed by atoms with Gasteiger partial charge in [0.25, 0.3) is 0 Å². The predicted molar refractivity (Wildman–Crippen MR) is 92.9 cm³/mol. The molecule has 100 valence electrons. The van der Waals surface area contributed by atoms with E-state index in [2.05, 4.69) is 46.9 Å². The molecule has 0 unspecified atom stereocenters. The van der Waals surface area contributed by atoms with Crippen LogP contribution < -0.4 is 0 Å². The monoisotopic (exact) mass is 404 g/mol. The zero-order valence-corrected chi connectivity index (χ0v) is 14.1. The average Bonchev–Trinajstić information content (AvgIpc) is 2.43. The zero-order valence-electron chi connectivity index (χ0n) is 10.5. The van der Waals surface area contributed by atoms with Crippen molar-refractivity contribution in [2.24, 2.45) is 0 Å². The first kappa shape index (κ1) is 15.1. The predicted octanol–water partition coefficient (Wildman–Crippen LogP) is 6.34. The summed E-state index contributed by atoms with van der Waals surface area (Å²) in [6.45, 7) is 0. The van der Waals surface area contributed by atoms with Gasteiger partial charge in [0.2, 0.25) is 0 Å². The Labute approximate surface area is 138 Å². The van der Waals surface area contributed by atoms with Crippen molar-refractivity contribution >= 4 is 45.8 Å². The molecule has 2 rings (SSSR count). The summed E-state index contributed by atoms with van der Waals surface area (Å²) in [4.78, 5) is 0. The lowest BCUT2D eigenvalue weighted by Gasteiger charge is -2.18. The molecule has 0 aromatic heterocycles. The minimum Gasteiger partial charge on any atom is -0.0864 e. The summed E-state index contributed by atoms with van der Waals surface area (Å²) in [5.74, 6) is 0.421. The van der Waals surface area contributed by atoms with E-state index in [0.717, 1.165) is 16.5 Å². The van der Waals surface area contributed by atoms with Crippen LogP contribution in [-0.4, -0.2) is 4.43 Å². The maximum atomic E-state index is 5.97. The lowest BCUT2D eigenvalue weighted by molar-refractivity contribution is 0.707. The standard InChI is InChI=1S/C16H15Cl2I/c17-14-7-3-12(4-8-14)16(2-1-11-19)13-5-9-15(18)10-6-13/h3-10,16H,1-2,11H2. The molecule has 0 saturated heterocycles. The SMILES string of the molecule is Clc1ccc(C(CCCI)c2ccc(Cl)cc2)cc1. The van der Waals surface area contributed by atoms with E-state index in [4.69, 9.17) is 23.2 Å². The average molecular weight is 405 g/mol. The number of hydrogen-bond acceptors (Lipinski definition) is 0. The molecular formula is C16H15Cl2I. The summed E-state index contributed by atoms with van der Waals surface area (Å²) in [6.07, 6.45) is 2.35. The Balaban J connectivity index is 2.29. The van der Waals surface area contributed by atoms with Crippen LogP contribution in [-0.2, 0) is 0 Å². The summed E-state index contributed by atoms with van der Waals surface area (Å²) in [5.41, 5.74) is 2.63. The Morgan fingerprint density at radius 3 is 1.58 bits per heavy atom. The molecule has 2 aromatic carbocycles. The van der Waals surface area contributed by atoms with Gasteiger partial charge in [-0.05, 0) is 52.7 Å². The van der Waals surface area contributed by atoms with Crippen molar-refractivity contribution in [1.29, 1.82) is 0 Å². The molecule has 0 nitrogen and oxygen atoms in total. The molecule has 0 radical (unpaired) electrons. The molecule has 0 spiro atoms. The summed E-state index contributed by atoms with van der Waals surface area (Å²) in [6, 6.07) is 16.3. The van der Waals surface area contributed by atoms with E-state index < -0.39 is 0 Å². The molecule has 0 amide bonds. The van der Waals surface area contributed by atoms with Crippen molar-refractivity contribution in [2.75, 3.05) is 4.43 Å². The van der Waals surface area contributed by atoms with Crippen molar-refractivity contribution in [3.63, 3.8) is 0 Å². The lowest BCUT2D eigenvalue weighted by atomic mass is 9.88. The third kappa shape index (κ3) is 4.37.